The molecule has 0 unspecified atom stereocenters. The summed E-state index contributed by atoms with van der Waals surface area (Å²) in [6.45, 7) is 6.36. The van der Waals surface area contributed by atoms with Crippen LogP contribution < -0.4 is 11.2 Å². The molecule has 1 rings (SSSR count). The average Bonchev–Trinajstić information content (AvgIpc) is 2.38. The standard InChI is InChI=1S/C15H23N3O3/c1-15(2,3)9-12(21-14(16)19)13(18-20)17-10-11-7-5-4-6-8-11/h4-8,12,20H,9-10H2,1-3H3,(H2,16,19)(H,17,18)/t12-/m1/s1. The van der Waals surface area contributed by atoms with Crippen molar-refractivity contribution >= 4 is 11.9 Å². The first-order valence-corrected chi connectivity index (χ1v) is 6.76. The summed E-state index contributed by atoms with van der Waals surface area (Å²) < 4.78 is 5.05. The second kappa shape index (κ2) is 7.64. The number of benzene rings is 1. The van der Waals surface area contributed by atoms with Crippen LogP contribution in [0.2, 0.25) is 0 Å². The molecule has 1 aromatic rings. The van der Waals surface area contributed by atoms with Gasteiger partial charge in [-0.2, -0.15) is 0 Å². The molecule has 0 radical (unpaired) electrons. The Kier molecular flexibility index (Phi) is 6.17. The SMILES string of the molecule is CC(C)(C)C[C@@H](OC(N)=O)C(=NCc1ccccc1)NO. The van der Waals surface area contributed by atoms with Gasteiger partial charge in [0.25, 0.3) is 0 Å². The van der Waals surface area contributed by atoms with Crippen LogP contribution in [0.25, 0.3) is 0 Å². The number of amides is 1. The van der Waals surface area contributed by atoms with E-state index in [1.807, 2.05) is 56.6 Å². The molecule has 21 heavy (non-hydrogen) atoms. The summed E-state index contributed by atoms with van der Waals surface area (Å²) in [6, 6.07) is 9.57. The van der Waals surface area contributed by atoms with E-state index in [0.717, 1.165) is 5.56 Å². The van der Waals surface area contributed by atoms with Crippen molar-refractivity contribution in [1.82, 2.24) is 5.48 Å². The van der Waals surface area contributed by atoms with Crippen molar-refractivity contribution in [2.24, 2.45) is 16.1 Å². The van der Waals surface area contributed by atoms with Crippen molar-refractivity contribution in [2.45, 2.75) is 39.8 Å². The Balaban J connectivity index is 2.86. The van der Waals surface area contributed by atoms with Crippen LogP contribution in [0.3, 0.4) is 0 Å². The maximum atomic E-state index is 11.0. The molecule has 1 aromatic carbocycles. The molecule has 0 fully saturated rings. The number of nitrogens with one attached hydrogen (secondary N) is 1. The highest BCUT2D eigenvalue weighted by Gasteiger charge is 2.26. The molecule has 0 aliphatic rings. The first-order chi connectivity index (χ1) is 9.81. The lowest BCUT2D eigenvalue weighted by atomic mass is 9.89. The van der Waals surface area contributed by atoms with E-state index in [4.69, 9.17) is 10.5 Å². The number of rotatable bonds is 5. The number of carbonyl (C=O) groups excluding carboxylic acids is 1. The molecule has 0 spiro atoms. The summed E-state index contributed by atoms with van der Waals surface area (Å²) in [5, 5.41) is 9.27. The number of hydrogen-bond donors (Lipinski definition) is 3. The highest BCUT2D eigenvalue weighted by atomic mass is 16.6. The van der Waals surface area contributed by atoms with Crippen LogP contribution in [-0.2, 0) is 11.3 Å². The highest BCUT2D eigenvalue weighted by Crippen LogP contribution is 2.23. The van der Waals surface area contributed by atoms with Gasteiger partial charge in [0.2, 0.25) is 0 Å². The van der Waals surface area contributed by atoms with Crippen molar-refractivity contribution in [3.8, 4) is 0 Å². The normalized spacial score (nSPS) is 13.6. The van der Waals surface area contributed by atoms with Crippen LogP contribution in [-0.4, -0.2) is 23.2 Å². The molecular formula is C15H23N3O3. The van der Waals surface area contributed by atoms with Crippen molar-refractivity contribution in [3.63, 3.8) is 0 Å². The van der Waals surface area contributed by atoms with Gasteiger partial charge in [-0.1, -0.05) is 51.1 Å². The number of hydroxylamine groups is 1. The molecule has 116 valence electrons. The van der Waals surface area contributed by atoms with Gasteiger partial charge in [0.15, 0.2) is 11.9 Å². The summed E-state index contributed by atoms with van der Waals surface area (Å²) in [6.07, 6.45) is -1.12. The number of primary amides is 1. The van der Waals surface area contributed by atoms with E-state index >= 15 is 0 Å². The van der Waals surface area contributed by atoms with Crippen molar-refractivity contribution in [3.05, 3.63) is 35.9 Å². The number of carbonyl (C=O) groups is 1. The summed E-state index contributed by atoms with van der Waals surface area (Å²) in [5.41, 5.74) is 7.97. The zero-order chi connectivity index (χ0) is 15.9. The Bertz CT molecular complexity index is 481. The predicted octanol–water partition coefficient (Wildman–Crippen LogP) is 2.46. The predicted molar refractivity (Wildman–Crippen MR) is 81.0 cm³/mol. The van der Waals surface area contributed by atoms with Gasteiger partial charge in [-0.05, 0) is 17.4 Å². The quantitative estimate of drug-likeness (QED) is 0.441. The smallest absolute Gasteiger partial charge is 0.405 e. The van der Waals surface area contributed by atoms with E-state index in [1.165, 1.54) is 0 Å². The molecule has 0 aliphatic carbocycles. The Morgan fingerprint density at radius 3 is 2.48 bits per heavy atom. The summed E-state index contributed by atoms with van der Waals surface area (Å²) in [5.74, 6) is 0.188. The number of aliphatic imine (C=N–C) groups is 1. The zero-order valence-corrected chi connectivity index (χ0v) is 12.7. The molecule has 0 bridgehead atoms. The highest BCUT2D eigenvalue weighted by molar-refractivity contribution is 5.87. The van der Waals surface area contributed by atoms with E-state index in [0.29, 0.717) is 13.0 Å². The van der Waals surface area contributed by atoms with Gasteiger partial charge in [-0.3, -0.25) is 15.7 Å². The monoisotopic (exact) mass is 293 g/mol. The first-order valence-electron chi connectivity index (χ1n) is 6.76. The van der Waals surface area contributed by atoms with Gasteiger partial charge in [0.05, 0.1) is 6.54 Å². The van der Waals surface area contributed by atoms with Crippen molar-refractivity contribution < 1.29 is 14.7 Å². The van der Waals surface area contributed by atoms with Gasteiger partial charge in [-0.15, -0.1) is 0 Å². The minimum Gasteiger partial charge on any atom is -0.438 e. The third-order valence-corrected chi connectivity index (χ3v) is 2.75. The lowest BCUT2D eigenvalue weighted by Crippen LogP contribution is -2.40. The maximum Gasteiger partial charge on any atom is 0.405 e. The Labute approximate surface area is 125 Å². The fourth-order valence-electron chi connectivity index (χ4n) is 1.86. The van der Waals surface area contributed by atoms with Crippen molar-refractivity contribution in [1.29, 1.82) is 0 Å². The van der Waals surface area contributed by atoms with Crippen LogP contribution in [0.5, 0.6) is 0 Å². The van der Waals surface area contributed by atoms with E-state index in [2.05, 4.69) is 4.99 Å². The minimum absolute atomic E-state index is 0.121. The molecule has 0 saturated heterocycles. The molecule has 4 N–H and O–H groups in total. The number of nitrogens with zero attached hydrogens (tertiary/aromatic N) is 1. The Morgan fingerprint density at radius 1 is 1.38 bits per heavy atom. The minimum atomic E-state index is -0.896. The van der Waals surface area contributed by atoms with E-state index < -0.39 is 12.2 Å². The van der Waals surface area contributed by atoms with Gasteiger partial charge in [-0.25, -0.2) is 4.79 Å². The van der Waals surface area contributed by atoms with Crippen LogP contribution >= 0.6 is 0 Å². The average molecular weight is 293 g/mol. The Morgan fingerprint density at radius 2 is 2.00 bits per heavy atom. The Hall–Kier alpha value is -2.08. The molecular weight excluding hydrogens is 270 g/mol. The topological polar surface area (TPSA) is 96.9 Å². The molecule has 6 nitrogen and oxygen atoms in total. The molecule has 0 heterocycles. The number of nitrogens with two attached hydrogens (primary N) is 1. The molecule has 1 amide bonds. The summed E-state index contributed by atoms with van der Waals surface area (Å²) >= 11 is 0. The fourth-order valence-corrected chi connectivity index (χ4v) is 1.86. The zero-order valence-electron chi connectivity index (χ0n) is 12.7. The second-order valence-corrected chi connectivity index (χ2v) is 5.99. The van der Waals surface area contributed by atoms with Crippen LogP contribution in [0.15, 0.2) is 35.3 Å². The molecule has 0 aromatic heterocycles. The van der Waals surface area contributed by atoms with E-state index in [1.54, 1.807) is 0 Å². The fraction of sp³-hybridized carbons (Fsp3) is 0.467. The van der Waals surface area contributed by atoms with E-state index in [9.17, 15) is 10.0 Å². The number of hydrogen-bond acceptors (Lipinski definition) is 4. The van der Waals surface area contributed by atoms with Crippen LogP contribution in [0, 0.1) is 5.41 Å². The van der Waals surface area contributed by atoms with Crippen LogP contribution in [0.4, 0.5) is 4.79 Å². The summed E-state index contributed by atoms with van der Waals surface area (Å²) in [4.78, 5) is 15.3. The van der Waals surface area contributed by atoms with Crippen LogP contribution in [0.1, 0.15) is 32.8 Å². The van der Waals surface area contributed by atoms with Crippen molar-refractivity contribution in [2.75, 3.05) is 0 Å². The molecule has 1 atom stereocenters. The molecule has 0 aliphatic heterocycles. The van der Waals surface area contributed by atoms with Gasteiger partial charge >= 0.3 is 6.09 Å². The number of ether oxygens (including phenoxy) is 1. The molecule has 6 heteroatoms. The van der Waals surface area contributed by atoms with Gasteiger partial charge in [0, 0.05) is 0 Å². The van der Waals surface area contributed by atoms with Gasteiger partial charge < -0.3 is 10.5 Å². The lowest BCUT2D eigenvalue weighted by Gasteiger charge is -2.25. The first kappa shape index (κ1) is 17.0. The molecule has 0 saturated carbocycles. The largest absolute Gasteiger partial charge is 0.438 e. The maximum absolute atomic E-state index is 11.0. The third kappa shape index (κ3) is 6.76. The second-order valence-electron chi connectivity index (χ2n) is 5.99. The van der Waals surface area contributed by atoms with Gasteiger partial charge in [0.1, 0.15) is 0 Å². The lowest BCUT2D eigenvalue weighted by molar-refractivity contribution is 0.104. The van der Waals surface area contributed by atoms with E-state index in [-0.39, 0.29) is 11.3 Å². The number of amidine groups is 1. The third-order valence-electron chi connectivity index (χ3n) is 2.75. The summed E-state index contributed by atoms with van der Waals surface area (Å²) in [7, 11) is 0.